The molecule has 150 valence electrons. The fourth-order valence-electron chi connectivity index (χ4n) is 3.28. The molecule has 2 aliphatic heterocycles. The van der Waals surface area contributed by atoms with E-state index in [0.29, 0.717) is 24.4 Å². The van der Waals surface area contributed by atoms with E-state index in [9.17, 15) is 4.79 Å². The second-order valence-electron chi connectivity index (χ2n) is 6.31. The van der Waals surface area contributed by atoms with Crippen LogP contribution in [0.5, 0.6) is 0 Å². The summed E-state index contributed by atoms with van der Waals surface area (Å²) in [4.78, 5) is 21.1. The molecule has 1 amide bonds. The molecule has 9 heteroatoms. The van der Waals surface area contributed by atoms with Gasteiger partial charge in [0.15, 0.2) is 0 Å². The molecule has 5 nitrogen and oxygen atoms in total. The fourth-order valence-corrected chi connectivity index (χ4v) is 4.23. The minimum absolute atomic E-state index is 0. The Labute approximate surface area is 179 Å². The van der Waals surface area contributed by atoms with Crippen LogP contribution in [0.15, 0.2) is 24.5 Å². The van der Waals surface area contributed by atoms with Gasteiger partial charge in [0.2, 0.25) is 5.91 Å². The molecule has 0 aromatic carbocycles. The molecule has 2 fully saturated rings. The van der Waals surface area contributed by atoms with E-state index in [1.54, 1.807) is 0 Å². The van der Waals surface area contributed by atoms with Gasteiger partial charge < -0.3 is 10.2 Å². The van der Waals surface area contributed by atoms with Crippen molar-refractivity contribution in [2.75, 3.05) is 44.2 Å². The Balaban J connectivity index is 0.00000208. The van der Waals surface area contributed by atoms with Crippen molar-refractivity contribution in [3.63, 3.8) is 0 Å². The maximum atomic E-state index is 12.5. The number of hydrogen-bond donors (Lipinski definition) is 1. The number of piperazine rings is 1. The number of aromatic nitrogens is 1. The summed E-state index contributed by atoms with van der Waals surface area (Å²) in [7, 11) is 0. The lowest BCUT2D eigenvalue weighted by atomic mass is 10.1. The summed E-state index contributed by atoms with van der Waals surface area (Å²) >= 11 is 1.95. The number of hydrogen-bond acceptors (Lipinski definition) is 5. The molecule has 3 heterocycles. The first-order valence-corrected chi connectivity index (χ1v) is 9.62. The van der Waals surface area contributed by atoms with Gasteiger partial charge in [0.05, 0.1) is 0 Å². The summed E-state index contributed by atoms with van der Waals surface area (Å²) in [5, 5.41) is 3.45. The summed E-state index contributed by atoms with van der Waals surface area (Å²) in [5.41, 5.74) is 1.25. The minimum atomic E-state index is 0. The van der Waals surface area contributed by atoms with Gasteiger partial charge in [-0.1, -0.05) is 6.07 Å². The van der Waals surface area contributed by atoms with Crippen LogP contribution in [0.3, 0.4) is 0 Å². The number of thioether (sulfide) groups is 1. The average molecular weight is 444 g/mol. The zero-order chi connectivity index (χ0) is 16.1. The van der Waals surface area contributed by atoms with Crippen molar-refractivity contribution in [1.29, 1.82) is 0 Å². The standard InChI is InChI=1S/C17H26N4OS.3ClH/c1-14(15-3-2-4-18-12-15)20-6-8-21(9-7-20)17(22)11-16-13-23-10-5-19-16;;;/h2-4,12,14,16,19H,5-11,13H2,1H3;3*1H. The number of nitrogens with one attached hydrogen (secondary N) is 1. The highest BCUT2D eigenvalue weighted by Crippen LogP contribution is 2.21. The summed E-state index contributed by atoms with van der Waals surface area (Å²) in [5.74, 6) is 2.53. The Morgan fingerprint density at radius 2 is 2.04 bits per heavy atom. The first-order valence-electron chi connectivity index (χ1n) is 8.47. The lowest BCUT2D eigenvalue weighted by molar-refractivity contribution is -0.133. The van der Waals surface area contributed by atoms with Crippen LogP contribution < -0.4 is 5.32 Å². The summed E-state index contributed by atoms with van der Waals surface area (Å²) in [6, 6.07) is 4.83. The highest BCUT2D eigenvalue weighted by atomic mass is 35.5. The lowest BCUT2D eigenvalue weighted by Crippen LogP contribution is -2.51. The second kappa shape index (κ2) is 13.0. The number of carbonyl (C=O) groups is 1. The van der Waals surface area contributed by atoms with Crippen molar-refractivity contribution in [2.24, 2.45) is 0 Å². The van der Waals surface area contributed by atoms with Gasteiger partial charge in [-0.25, -0.2) is 0 Å². The van der Waals surface area contributed by atoms with Crippen molar-refractivity contribution >= 4 is 54.9 Å². The van der Waals surface area contributed by atoms with Gasteiger partial charge in [-0.05, 0) is 18.6 Å². The van der Waals surface area contributed by atoms with Crippen molar-refractivity contribution < 1.29 is 4.79 Å². The zero-order valence-corrected chi connectivity index (χ0v) is 18.3. The molecule has 2 saturated heterocycles. The number of pyridine rings is 1. The smallest absolute Gasteiger partial charge is 0.224 e. The Morgan fingerprint density at radius 3 is 2.62 bits per heavy atom. The van der Waals surface area contributed by atoms with E-state index < -0.39 is 0 Å². The lowest BCUT2D eigenvalue weighted by Gasteiger charge is -2.38. The van der Waals surface area contributed by atoms with Gasteiger partial charge in [0.25, 0.3) is 0 Å². The van der Waals surface area contributed by atoms with Crippen LogP contribution in [0.4, 0.5) is 0 Å². The maximum absolute atomic E-state index is 12.5. The van der Waals surface area contributed by atoms with E-state index >= 15 is 0 Å². The molecule has 2 unspecified atom stereocenters. The van der Waals surface area contributed by atoms with Gasteiger partial charge in [0.1, 0.15) is 0 Å². The van der Waals surface area contributed by atoms with Crippen LogP contribution in [0.2, 0.25) is 0 Å². The number of carbonyl (C=O) groups excluding carboxylic acids is 1. The minimum Gasteiger partial charge on any atom is -0.340 e. The van der Waals surface area contributed by atoms with Crippen molar-refractivity contribution in [1.82, 2.24) is 20.1 Å². The van der Waals surface area contributed by atoms with Gasteiger partial charge >= 0.3 is 0 Å². The van der Waals surface area contributed by atoms with Crippen LogP contribution in [0, 0.1) is 0 Å². The number of halogens is 3. The third-order valence-corrected chi connectivity index (χ3v) is 5.93. The van der Waals surface area contributed by atoms with Crippen LogP contribution in [-0.2, 0) is 4.79 Å². The van der Waals surface area contributed by atoms with E-state index in [2.05, 4.69) is 28.2 Å². The Morgan fingerprint density at radius 1 is 1.31 bits per heavy atom. The Hall–Kier alpha value is -0.240. The first-order chi connectivity index (χ1) is 11.2. The number of rotatable bonds is 4. The predicted molar refractivity (Wildman–Crippen MR) is 116 cm³/mol. The van der Waals surface area contributed by atoms with Gasteiger partial charge in [-0.2, -0.15) is 11.8 Å². The molecule has 0 radical (unpaired) electrons. The van der Waals surface area contributed by atoms with Crippen LogP contribution in [-0.4, -0.2) is 71.0 Å². The zero-order valence-electron chi connectivity index (χ0n) is 15.0. The van der Waals surface area contributed by atoms with Crippen LogP contribution in [0.25, 0.3) is 0 Å². The third-order valence-electron chi connectivity index (χ3n) is 4.80. The molecule has 0 aliphatic carbocycles. The predicted octanol–water partition coefficient (Wildman–Crippen LogP) is 2.65. The molecule has 3 rings (SSSR count). The molecule has 1 aromatic rings. The van der Waals surface area contributed by atoms with Crippen molar-refractivity contribution in [3.8, 4) is 0 Å². The molecule has 0 spiro atoms. The highest BCUT2D eigenvalue weighted by molar-refractivity contribution is 7.99. The van der Waals surface area contributed by atoms with E-state index in [-0.39, 0.29) is 37.2 Å². The molecule has 0 bridgehead atoms. The Kier molecular flexibility index (Phi) is 12.9. The second-order valence-corrected chi connectivity index (χ2v) is 7.46. The van der Waals surface area contributed by atoms with E-state index in [1.165, 1.54) is 5.56 Å². The van der Waals surface area contributed by atoms with E-state index in [0.717, 1.165) is 44.2 Å². The molecule has 0 saturated carbocycles. The normalized spacial score (nSPS) is 21.6. The SMILES string of the molecule is CC(c1cccnc1)N1CCN(C(=O)CC2CSCCN2)CC1.Cl.Cl.Cl. The number of amides is 1. The molecule has 1 N–H and O–H groups in total. The van der Waals surface area contributed by atoms with E-state index in [4.69, 9.17) is 0 Å². The molecule has 2 atom stereocenters. The van der Waals surface area contributed by atoms with Gasteiger partial charge in [0, 0.05) is 75.1 Å². The Bertz CT molecular complexity index is 512. The highest BCUT2D eigenvalue weighted by Gasteiger charge is 2.26. The van der Waals surface area contributed by atoms with Crippen molar-refractivity contribution in [2.45, 2.75) is 25.4 Å². The summed E-state index contributed by atoms with van der Waals surface area (Å²) in [6.07, 6.45) is 4.39. The topological polar surface area (TPSA) is 48.5 Å². The quantitative estimate of drug-likeness (QED) is 0.775. The summed E-state index contributed by atoms with van der Waals surface area (Å²) < 4.78 is 0. The average Bonchev–Trinajstić information content (AvgIpc) is 2.63. The largest absolute Gasteiger partial charge is 0.340 e. The molecule has 2 aliphatic rings. The monoisotopic (exact) mass is 442 g/mol. The van der Waals surface area contributed by atoms with Gasteiger partial charge in [-0.15, -0.1) is 37.2 Å². The molecule has 1 aromatic heterocycles. The van der Waals surface area contributed by atoms with Crippen LogP contribution in [0.1, 0.15) is 24.9 Å². The van der Waals surface area contributed by atoms with Crippen LogP contribution >= 0.6 is 49.0 Å². The van der Waals surface area contributed by atoms with E-state index in [1.807, 2.05) is 35.1 Å². The molecular formula is C17H29Cl3N4OS. The van der Waals surface area contributed by atoms with Gasteiger partial charge in [-0.3, -0.25) is 14.7 Å². The number of nitrogens with zero attached hydrogens (tertiary/aromatic N) is 3. The summed E-state index contributed by atoms with van der Waals surface area (Å²) in [6.45, 7) is 6.80. The molecular weight excluding hydrogens is 415 g/mol. The third kappa shape index (κ3) is 7.06. The fraction of sp³-hybridized carbons (Fsp3) is 0.647. The van der Waals surface area contributed by atoms with Crippen molar-refractivity contribution in [3.05, 3.63) is 30.1 Å². The first kappa shape index (κ1) is 25.8. The molecule has 26 heavy (non-hydrogen) atoms. The maximum Gasteiger partial charge on any atom is 0.224 e.